The minimum Gasteiger partial charge on any atom is -0.508 e. The molecule has 0 unspecified atom stereocenters. The number of halogens is 1. The lowest BCUT2D eigenvalue weighted by Crippen LogP contribution is -2.26. The number of phenolic OH excluding ortho intramolecular Hbond substituents is 1. The van der Waals surface area contributed by atoms with E-state index in [1.165, 1.54) is 35.6 Å². The van der Waals surface area contributed by atoms with E-state index in [2.05, 4.69) is 0 Å². The number of aromatic hydroxyl groups is 1. The van der Waals surface area contributed by atoms with Crippen molar-refractivity contribution in [3.8, 4) is 5.75 Å². The summed E-state index contributed by atoms with van der Waals surface area (Å²) in [6, 6.07) is 12.6. The summed E-state index contributed by atoms with van der Waals surface area (Å²) >= 11 is 5.82. The molecule has 1 N–H and O–H groups in total. The highest BCUT2D eigenvalue weighted by Gasteiger charge is 2.20. The first-order chi connectivity index (χ1) is 9.39. The molecule has 0 amide bonds. The molecule has 20 heavy (non-hydrogen) atoms. The van der Waals surface area contributed by atoms with Gasteiger partial charge in [-0.1, -0.05) is 29.8 Å². The monoisotopic (exact) mass is 311 g/mol. The summed E-state index contributed by atoms with van der Waals surface area (Å²) in [6.07, 6.45) is 0. The SMILES string of the molecule is CN(Cc1ccc(O)cc1)S(=O)(=O)c1cccc(Cl)c1. The number of benzene rings is 2. The second-order valence-electron chi connectivity index (χ2n) is 4.38. The summed E-state index contributed by atoms with van der Waals surface area (Å²) in [5, 5.41) is 9.59. The van der Waals surface area contributed by atoms with Gasteiger partial charge in [-0.05, 0) is 35.9 Å². The van der Waals surface area contributed by atoms with E-state index in [0.29, 0.717) is 5.02 Å². The molecule has 2 aromatic rings. The molecule has 0 radical (unpaired) electrons. The molecule has 0 aliphatic rings. The van der Waals surface area contributed by atoms with E-state index >= 15 is 0 Å². The average Bonchev–Trinajstić information content (AvgIpc) is 2.41. The van der Waals surface area contributed by atoms with E-state index in [9.17, 15) is 13.5 Å². The van der Waals surface area contributed by atoms with Crippen molar-refractivity contribution in [2.75, 3.05) is 7.05 Å². The van der Waals surface area contributed by atoms with Crippen LogP contribution in [0.25, 0.3) is 0 Å². The molecule has 2 rings (SSSR count). The summed E-state index contributed by atoms with van der Waals surface area (Å²) in [7, 11) is -2.08. The fourth-order valence-corrected chi connectivity index (χ4v) is 3.21. The van der Waals surface area contributed by atoms with Gasteiger partial charge in [-0.25, -0.2) is 8.42 Å². The van der Waals surface area contributed by atoms with Crippen LogP contribution in [0.5, 0.6) is 5.75 Å². The topological polar surface area (TPSA) is 57.6 Å². The minimum absolute atomic E-state index is 0.147. The van der Waals surface area contributed by atoms with Crippen molar-refractivity contribution < 1.29 is 13.5 Å². The fourth-order valence-electron chi connectivity index (χ4n) is 1.75. The maximum absolute atomic E-state index is 12.4. The Bertz CT molecular complexity index is 699. The third-order valence-corrected chi connectivity index (χ3v) is 4.88. The van der Waals surface area contributed by atoms with Gasteiger partial charge < -0.3 is 5.11 Å². The minimum atomic E-state index is -3.58. The third-order valence-electron chi connectivity index (χ3n) is 2.85. The highest BCUT2D eigenvalue weighted by molar-refractivity contribution is 7.89. The van der Waals surface area contributed by atoms with Gasteiger partial charge in [0.2, 0.25) is 10.0 Å². The predicted octanol–water partition coefficient (Wildman–Crippen LogP) is 2.87. The summed E-state index contributed by atoms with van der Waals surface area (Å²) in [5.41, 5.74) is 0.788. The van der Waals surface area contributed by atoms with Crippen molar-refractivity contribution in [1.29, 1.82) is 0 Å². The molecule has 0 fully saturated rings. The Kier molecular flexibility index (Phi) is 4.32. The third kappa shape index (κ3) is 3.30. The molecule has 2 aromatic carbocycles. The average molecular weight is 312 g/mol. The number of hydrogen-bond donors (Lipinski definition) is 1. The first-order valence-electron chi connectivity index (χ1n) is 5.89. The summed E-state index contributed by atoms with van der Waals surface area (Å²) in [6.45, 7) is 0.217. The summed E-state index contributed by atoms with van der Waals surface area (Å²) < 4.78 is 26.0. The van der Waals surface area contributed by atoms with Gasteiger partial charge in [-0.2, -0.15) is 4.31 Å². The second-order valence-corrected chi connectivity index (χ2v) is 6.87. The van der Waals surface area contributed by atoms with Crippen LogP contribution >= 0.6 is 11.6 Å². The molecule has 0 aliphatic heterocycles. The molecule has 0 aromatic heterocycles. The van der Waals surface area contributed by atoms with Crippen LogP contribution in [0.2, 0.25) is 5.02 Å². The quantitative estimate of drug-likeness (QED) is 0.944. The lowest BCUT2D eigenvalue weighted by atomic mass is 10.2. The first-order valence-corrected chi connectivity index (χ1v) is 7.71. The summed E-state index contributed by atoms with van der Waals surface area (Å²) in [5.74, 6) is 0.147. The van der Waals surface area contributed by atoms with Gasteiger partial charge in [0, 0.05) is 18.6 Å². The van der Waals surface area contributed by atoms with Gasteiger partial charge in [-0.15, -0.1) is 0 Å². The standard InChI is InChI=1S/C14H14ClNO3S/c1-16(10-11-5-7-13(17)8-6-11)20(18,19)14-4-2-3-12(15)9-14/h2-9,17H,10H2,1H3. The molecule has 6 heteroatoms. The van der Waals surface area contributed by atoms with Gasteiger partial charge in [-0.3, -0.25) is 0 Å². The Balaban J connectivity index is 2.23. The molecule has 0 bridgehead atoms. The van der Waals surface area contributed by atoms with Crippen LogP contribution in [-0.4, -0.2) is 24.9 Å². The second kappa shape index (κ2) is 5.83. The summed E-state index contributed by atoms with van der Waals surface area (Å²) in [4.78, 5) is 0.159. The highest BCUT2D eigenvalue weighted by atomic mass is 35.5. The number of phenols is 1. The van der Waals surface area contributed by atoms with Crippen LogP contribution in [0, 0.1) is 0 Å². The van der Waals surface area contributed by atoms with Crippen LogP contribution in [-0.2, 0) is 16.6 Å². The molecule has 4 nitrogen and oxygen atoms in total. The van der Waals surface area contributed by atoms with E-state index in [1.54, 1.807) is 24.3 Å². The Hall–Kier alpha value is -1.56. The van der Waals surface area contributed by atoms with Gasteiger partial charge in [0.15, 0.2) is 0 Å². The maximum Gasteiger partial charge on any atom is 0.243 e. The van der Waals surface area contributed by atoms with Crippen molar-refractivity contribution in [3.63, 3.8) is 0 Å². The zero-order chi connectivity index (χ0) is 14.8. The molecule has 0 atom stereocenters. The Labute approximate surface area is 123 Å². The van der Waals surface area contributed by atoms with Crippen LogP contribution in [0.15, 0.2) is 53.4 Å². The molecule has 106 valence electrons. The van der Waals surface area contributed by atoms with Crippen LogP contribution < -0.4 is 0 Å². The van der Waals surface area contributed by atoms with E-state index in [4.69, 9.17) is 11.6 Å². The van der Waals surface area contributed by atoms with Gasteiger partial charge in [0.25, 0.3) is 0 Å². The highest BCUT2D eigenvalue weighted by Crippen LogP contribution is 2.20. The van der Waals surface area contributed by atoms with Crippen LogP contribution in [0.1, 0.15) is 5.56 Å². The van der Waals surface area contributed by atoms with Crippen molar-refractivity contribution in [3.05, 3.63) is 59.1 Å². The van der Waals surface area contributed by atoms with Crippen LogP contribution in [0.3, 0.4) is 0 Å². The van der Waals surface area contributed by atoms with E-state index in [1.807, 2.05) is 0 Å². The van der Waals surface area contributed by atoms with Gasteiger partial charge in [0.05, 0.1) is 4.90 Å². The van der Waals surface area contributed by atoms with Crippen molar-refractivity contribution in [1.82, 2.24) is 4.31 Å². The van der Waals surface area contributed by atoms with E-state index in [-0.39, 0.29) is 17.2 Å². The van der Waals surface area contributed by atoms with Gasteiger partial charge >= 0.3 is 0 Å². The molecule has 0 aliphatic carbocycles. The lowest BCUT2D eigenvalue weighted by Gasteiger charge is -2.17. The zero-order valence-electron chi connectivity index (χ0n) is 10.8. The molecule has 0 saturated carbocycles. The first kappa shape index (κ1) is 14.8. The molecular formula is C14H14ClNO3S. The van der Waals surface area contributed by atoms with Gasteiger partial charge in [0.1, 0.15) is 5.75 Å². The van der Waals surface area contributed by atoms with Crippen molar-refractivity contribution >= 4 is 21.6 Å². The normalized spacial score (nSPS) is 11.8. The predicted molar refractivity (Wildman–Crippen MR) is 78.2 cm³/mol. The number of nitrogens with zero attached hydrogens (tertiary/aromatic N) is 1. The Morgan fingerprint density at radius 3 is 2.40 bits per heavy atom. The largest absolute Gasteiger partial charge is 0.508 e. The van der Waals surface area contributed by atoms with Crippen molar-refractivity contribution in [2.24, 2.45) is 0 Å². The maximum atomic E-state index is 12.4. The molecular weight excluding hydrogens is 298 g/mol. The Morgan fingerprint density at radius 2 is 1.80 bits per heavy atom. The number of sulfonamides is 1. The molecule has 0 saturated heterocycles. The number of hydrogen-bond acceptors (Lipinski definition) is 3. The number of rotatable bonds is 4. The zero-order valence-corrected chi connectivity index (χ0v) is 12.4. The molecule has 0 heterocycles. The van der Waals surface area contributed by atoms with Crippen molar-refractivity contribution in [2.45, 2.75) is 11.4 Å². The fraction of sp³-hybridized carbons (Fsp3) is 0.143. The Morgan fingerprint density at radius 1 is 1.15 bits per heavy atom. The lowest BCUT2D eigenvalue weighted by molar-refractivity contribution is 0.463. The van der Waals surface area contributed by atoms with Crippen LogP contribution in [0.4, 0.5) is 0 Å². The smallest absolute Gasteiger partial charge is 0.243 e. The van der Waals surface area contributed by atoms with E-state index < -0.39 is 10.0 Å². The van der Waals surface area contributed by atoms with E-state index in [0.717, 1.165) is 5.56 Å². The molecule has 0 spiro atoms.